The van der Waals surface area contributed by atoms with Gasteiger partial charge in [0.15, 0.2) is 12.2 Å². The molecule has 0 radical (unpaired) electrons. The molecule has 0 saturated carbocycles. The first-order chi connectivity index (χ1) is 7.19. The van der Waals surface area contributed by atoms with Crippen LogP contribution in [0.2, 0.25) is 0 Å². The molecule has 0 aromatic rings. The lowest BCUT2D eigenvalue weighted by Gasteiger charge is -2.19. The van der Waals surface area contributed by atoms with Gasteiger partial charge in [-0.1, -0.05) is 0 Å². The zero-order chi connectivity index (χ0) is 11.3. The lowest BCUT2D eigenvalue weighted by molar-refractivity contribution is -0.166. The second kappa shape index (κ2) is 5.50. The van der Waals surface area contributed by atoms with E-state index in [1.165, 1.54) is 12.2 Å². The molecule has 1 rings (SSSR count). The molecule has 0 bridgehead atoms. The van der Waals surface area contributed by atoms with Crippen molar-refractivity contribution in [1.29, 1.82) is 0 Å². The largest absolute Gasteiger partial charge is 0.464 e. The molecule has 0 N–H and O–H groups in total. The summed E-state index contributed by atoms with van der Waals surface area (Å²) in [5, 5.41) is 0. The van der Waals surface area contributed by atoms with Crippen molar-refractivity contribution in [3.05, 3.63) is 12.2 Å². The molecule has 1 aliphatic rings. The van der Waals surface area contributed by atoms with Gasteiger partial charge in [-0.3, -0.25) is 0 Å². The molecule has 5 nitrogen and oxygen atoms in total. The Kier molecular flexibility index (Phi) is 4.30. The quantitative estimate of drug-likeness (QED) is 0.621. The summed E-state index contributed by atoms with van der Waals surface area (Å²) in [6, 6.07) is 0. The van der Waals surface area contributed by atoms with Crippen molar-refractivity contribution in [3.8, 4) is 0 Å². The molecule has 5 heteroatoms. The van der Waals surface area contributed by atoms with Gasteiger partial charge < -0.3 is 14.2 Å². The normalized spacial score (nSPS) is 21.2. The molecule has 0 aromatic heterocycles. The van der Waals surface area contributed by atoms with Gasteiger partial charge in [-0.25, -0.2) is 9.59 Å². The lowest BCUT2D eigenvalue weighted by atomic mass is 10.2. The molecular formula is C10H14O5. The summed E-state index contributed by atoms with van der Waals surface area (Å²) >= 11 is 0. The maximum Gasteiger partial charge on any atom is 0.339 e. The maximum absolute atomic E-state index is 11.5. The molecule has 2 atom stereocenters. The third-order valence-corrected chi connectivity index (χ3v) is 1.84. The summed E-state index contributed by atoms with van der Waals surface area (Å²) in [6.45, 7) is 4.09. The first kappa shape index (κ1) is 11.7. The van der Waals surface area contributed by atoms with E-state index in [9.17, 15) is 9.59 Å². The van der Waals surface area contributed by atoms with Gasteiger partial charge in [0.1, 0.15) is 0 Å². The summed E-state index contributed by atoms with van der Waals surface area (Å²) < 4.78 is 14.9. The second-order valence-electron chi connectivity index (χ2n) is 2.89. The molecule has 0 fully saturated rings. The first-order valence-electron chi connectivity index (χ1n) is 4.86. The van der Waals surface area contributed by atoms with Crippen LogP contribution in [0.5, 0.6) is 0 Å². The molecule has 0 amide bonds. The number of ether oxygens (including phenoxy) is 3. The summed E-state index contributed by atoms with van der Waals surface area (Å²) in [5.74, 6) is -0.974. The van der Waals surface area contributed by atoms with Crippen LogP contribution in [0.4, 0.5) is 0 Å². The van der Waals surface area contributed by atoms with E-state index < -0.39 is 24.1 Å². The van der Waals surface area contributed by atoms with Gasteiger partial charge in [0.2, 0.25) is 0 Å². The minimum Gasteiger partial charge on any atom is -0.464 e. The van der Waals surface area contributed by atoms with Crippen LogP contribution >= 0.6 is 0 Å². The van der Waals surface area contributed by atoms with E-state index in [1.54, 1.807) is 13.8 Å². The molecule has 0 aliphatic carbocycles. The Bertz CT molecular complexity index is 271. The summed E-state index contributed by atoms with van der Waals surface area (Å²) in [7, 11) is 0. The molecule has 15 heavy (non-hydrogen) atoms. The van der Waals surface area contributed by atoms with E-state index in [1.807, 2.05) is 0 Å². The van der Waals surface area contributed by atoms with Gasteiger partial charge in [0.25, 0.3) is 0 Å². The van der Waals surface area contributed by atoms with E-state index >= 15 is 0 Å². The number of cyclic esters (lactones) is 1. The van der Waals surface area contributed by atoms with E-state index in [-0.39, 0.29) is 6.61 Å². The third-order valence-electron chi connectivity index (χ3n) is 1.84. The van der Waals surface area contributed by atoms with Crippen molar-refractivity contribution >= 4 is 11.9 Å². The monoisotopic (exact) mass is 214 g/mol. The van der Waals surface area contributed by atoms with Gasteiger partial charge in [0, 0.05) is 12.7 Å². The SMILES string of the molecule is CCOC(=O)[C@H](OCC)[C@@H]1C=CC(=O)O1. The van der Waals surface area contributed by atoms with Crippen molar-refractivity contribution in [2.24, 2.45) is 0 Å². The van der Waals surface area contributed by atoms with Crippen molar-refractivity contribution < 1.29 is 23.8 Å². The molecule has 0 unspecified atom stereocenters. The highest BCUT2D eigenvalue weighted by Gasteiger charge is 2.33. The van der Waals surface area contributed by atoms with Crippen LogP contribution < -0.4 is 0 Å². The molecule has 0 aromatic carbocycles. The maximum atomic E-state index is 11.5. The number of hydrogen-bond donors (Lipinski definition) is 0. The topological polar surface area (TPSA) is 61.8 Å². The number of hydrogen-bond acceptors (Lipinski definition) is 5. The first-order valence-corrected chi connectivity index (χ1v) is 4.86. The van der Waals surface area contributed by atoms with Crippen LogP contribution in [0.25, 0.3) is 0 Å². The highest BCUT2D eigenvalue weighted by atomic mass is 16.6. The summed E-state index contributed by atoms with van der Waals surface area (Å²) in [6.07, 6.45) is 1.24. The zero-order valence-corrected chi connectivity index (χ0v) is 8.76. The molecule has 0 spiro atoms. The summed E-state index contributed by atoms with van der Waals surface area (Å²) in [4.78, 5) is 22.3. The van der Waals surface area contributed by atoms with E-state index in [0.717, 1.165) is 0 Å². The molecule has 1 heterocycles. The third kappa shape index (κ3) is 3.06. The fourth-order valence-corrected chi connectivity index (χ4v) is 1.25. The minimum absolute atomic E-state index is 0.271. The number of rotatable bonds is 5. The Morgan fingerprint density at radius 3 is 2.73 bits per heavy atom. The summed E-state index contributed by atoms with van der Waals surface area (Å²) in [5.41, 5.74) is 0. The van der Waals surface area contributed by atoms with Crippen LogP contribution in [0, 0.1) is 0 Å². The lowest BCUT2D eigenvalue weighted by Crippen LogP contribution is -2.37. The van der Waals surface area contributed by atoms with Crippen LogP contribution in [0.3, 0.4) is 0 Å². The van der Waals surface area contributed by atoms with E-state index in [0.29, 0.717) is 6.61 Å². The van der Waals surface area contributed by atoms with E-state index in [4.69, 9.17) is 14.2 Å². The van der Waals surface area contributed by atoms with Crippen LogP contribution in [-0.2, 0) is 23.8 Å². The van der Waals surface area contributed by atoms with Crippen molar-refractivity contribution in [2.45, 2.75) is 26.1 Å². The Morgan fingerprint density at radius 1 is 1.53 bits per heavy atom. The predicted octanol–water partition coefficient (Wildman–Crippen LogP) is 0.436. The van der Waals surface area contributed by atoms with Crippen LogP contribution in [-0.4, -0.2) is 37.4 Å². The molecule has 1 aliphatic heterocycles. The average Bonchev–Trinajstić information content (AvgIpc) is 2.61. The van der Waals surface area contributed by atoms with Gasteiger partial charge in [-0.2, -0.15) is 0 Å². The Hall–Kier alpha value is -1.36. The van der Waals surface area contributed by atoms with Gasteiger partial charge >= 0.3 is 11.9 Å². The van der Waals surface area contributed by atoms with Gasteiger partial charge in [-0.05, 0) is 19.9 Å². The predicted molar refractivity (Wildman–Crippen MR) is 51.1 cm³/mol. The number of carbonyl (C=O) groups excluding carboxylic acids is 2. The Balaban J connectivity index is 2.61. The number of esters is 2. The fourth-order valence-electron chi connectivity index (χ4n) is 1.25. The fraction of sp³-hybridized carbons (Fsp3) is 0.600. The Labute approximate surface area is 88.0 Å². The van der Waals surface area contributed by atoms with Gasteiger partial charge in [-0.15, -0.1) is 0 Å². The van der Waals surface area contributed by atoms with Crippen molar-refractivity contribution in [2.75, 3.05) is 13.2 Å². The van der Waals surface area contributed by atoms with Crippen molar-refractivity contribution in [3.63, 3.8) is 0 Å². The van der Waals surface area contributed by atoms with E-state index in [2.05, 4.69) is 0 Å². The smallest absolute Gasteiger partial charge is 0.339 e. The highest BCUT2D eigenvalue weighted by molar-refractivity contribution is 5.86. The van der Waals surface area contributed by atoms with Gasteiger partial charge in [0.05, 0.1) is 6.61 Å². The minimum atomic E-state index is -0.863. The number of carbonyl (C=O) groups is 2. The van der Waals surface area contributed by atoms with Crippen LogP contribution in [0.15, 0.2) is 12.2 Å². The second-order valence-corrected chi connectivity index (χ2v) is 2.89. The van der Waals surface area contributed by atoms with Crippen molar-refractivity contribution in [1.82, 2.24) is 0 Å². The Morgan fingerprint density at radius 2 is 2.27 bits per heavy atom. The van der Waals surface area contributed by atoms with Crippen LogP contribution in [0.1, 0.15) is 13.8 Å². The molecule has 0 saturated heterocycles. The molecular weight excluding hydrogens is 200 g/mol. The average molecular weight is 214 g/mol. The molecule has 84 valence electrons. The standard InChI is InChI=1S/C10H14O5/c1-3-13-9(10(12)14-4-2)7-5-6-8(11)15-7/h5-7,9H,3-4H2,1-2H3/t7-,9+/m0/s1. The highest BCUT2D eigenvalue weighted by Crippen LogP contribution is 2.14. The zero-order valence-electron chi connectivity index (χ0n) is 8.76.